The fraction of sp³-hybridized carbons (Fsp3) is 0.533. The van der Waals surface area contributed by atoms with Gasteiger partial charge in [-0.05, 0) is 13.3 Å². The van der Waals surface area contributed by atoms with Gasteiger partial charge < -0.3 is 18.8 Å². The maximum atomic E-state index is 6.09. The van der Waals surface area contributed by atoms with Gasteiger partial charge >= 0.3 is 0 Å². The summed E-state index contributed by atoms with van der Waals surface area (Å²) in [4.78, 5) is 4.63. The standard InChI is InChI=1S/C15H19ClN2O3/c1-9-11(4-5-21-9)18-12-7-14(20-3)13(19-2)6-10(12)17-15(18)8-16/h6-7,9,11H,4-5,8H2,1-3H3. The Morgan fingerprint density at radius 3 is 2.62 bits per heavy atom. The van der Waals surface area contributed by atoms with Gasteiger partial charge in [-0.25, -0.2) is 4.98 Å². The molecule has 2 heterocycles. The maximum Gasteiger partial charge on any atom is 0.163 e. The minimum absolute atomic E-state index is 0.150. The number of aromatic nitrogens is 2. The molecule has 0 bridgehead atoms. The SMILES string of the molecule is COc1cc2nc(CCl)n(C3CCOC3C)c2cc1OC. The third-order valence-electron chi connectivity index (χ3n) is 4.06. The summed E-state index contributed by atoms with van der Waals surface area (Å²) < 4.78 is 18.6. The van der Waals surface area contributed by atoms with E-state index < -0.39 is 0 Å². The summed E-state index contributed by atoms with van der Waals surface area (Å²) in [6.45, 7) is 2.85. The lowest BCUT2D eigenvalue weighted by molar-refractivity contribution is 0.108. The molecular weight excluding hydrogens is 292 g/mol. The highest BCUT2D eigenvalue weighted by atomic mass is 35.5. The predicted molar refractivity (Wildman–Crippen MR) is 81.5 cm³/mol. The van der Waals surface area contributed by atoms with Crippen LogP contribution < -0.4 is 9.47 Å². The van der Waals surface area contributed by atoms with Crippen molar-refractivity contribution in [1.29, 1.82) is 0 Å². The third kappa shape index (κ3) is 2.34. The molecule has 0 amide bonds. The lowest BCUT2D eigenvalue weighted by atomic mass is 10.1. The number of ether oxygens (including phenoxy) is 3. The molecule has 3 rings (SSSR count). The molecule has 6 heteroatoms. The van der Waals surface area contributed by atoms with E-state index in [9.17, 15) is 0 Å². The minimum atomic E-state index is 0.150. The molecule has 1 saturated heterocycles. The van der Waals surface area contributed by atoms with Crippen LogP contribution in [-0.2, 0) is 10.6 Å². The monoisotopic (exact) mass is 310 g/mol. The summed E-state index contributed by atoms with van der Waals surface area (Å²) in [5.41, 5.74) is 1.87. The van der Waals surface area contributed by atoms with Gasteiger partial charge in [0.15, 0.2) is 11.5 Å². The van der Waals surface area contributed by atoms with Gasteiger partial charge in [0.05, 0.1) is 43.3 Å². The second-order valence-electron chi connectivity index (χ2n) is 5.16. The second kappa shape index (κ2) is 5.73. The summed E-state index contributed by atoms with van der Waals surface area (Å²) in [5, 5.41) is 0. The third-order valence-corrected chi connectivity index (χ3v) is 4.29. The zero-order chi connectivity index (χ0) is 15.0. The molecule has 5 nitrogen and oxygen atoms in total. The van der Waals surface area contributed by atoms with Crippen LogP contribution in [0.3, 0.4) is 0 Å². The second-order valence-corrected chi connectivity index (χ2v) is 5.43. The van der Waals surface area contributed by atoms with Crippen molar-refractivity contribution >= 4 is 22.6 Å². The summed E-state index contributed by atoms with van der Waals surface area (Å²) >= 11 is 6.09. The molecule has 1 aliphatic rings. The molecule has 21 heavy (non-hydrogen) atoms. The number of fused-ring (bicyclic) bond motifs is 1. The van der Waals surface area contributed by atoms with Crippen molar-refractivity contribution in [3.63, 3.8) is 0 Å². The van der Waals surface area contributed by atoms with Crippen LogP contribution in [0.15, 0.2) is 12.1 Å². The summed E-state index contributed by atoms with van der Waals surface area (Å²) in [6, 6.07) is 4.10. The average Bonchev–Trinajstić information content (AvgIpc) is 3.07. The lowest BCUT2D eigenvalue weighted by Gasteiger charge is -2.19. The van der Waals surface area contributed by atoms with Crippen molar-refractivity contribution < 1.29 is 14.2 Å². The Balaban J connectivity index is 2.21. The summed E-state index contributed by atoms with van der Waals surface area (Å²) in [7, 11) is 3.25. The molecule has 2 unspecified atom stereocenters. The van der Waals surface area contributed by atoms with E-state index in [1.165, 1.54) is 0 Å². The van der Waals surface area contributed by atoms with Crippen molar-refractivity contribution in [2.24, 2.45) is 0 Å². The van der Waals surface area contributed by atoms with Crippen LogP contribution in [0.5, 0.6) is 11.5 Å². The number of rotatable bonds is 4. The van der Waals surface area contributed by atoms with E-state index in [4.69, 9.17) is 25.8 Å². The van der Waals surface area contributed by atoms with E-state index in [-0.39, 0.29) is 12.1 Å². The van der Waals surface area contributed by atoms with Crippen LogP contribution in [0.25, 0.3) is 11.0 Å². The first kappa shape index (κ1) is 14.5. The van der Waals surface area contributed by atoms with Crippen LogP contribution in [0.1, 0.15) is 25.2 Å². The summed E-state index contributed by atoms with van der Waals surface area (Å²) in [5.74, 6) is 2.58. The number of halogens is 1. The highest BCUT2D eigenvalue weighted by molar-refractivity contribution is 6.16. The molecule has 114 valence electrons. The Labute approximate surface area is 128 Å². The Morgan fingerprint density at radius 1 is 1.33 bits per heavy atom. The van der Waals surface area contributed by atoms with Crippen LogP contribution in [0, 0.1) is 0 Å². The maximum absolute atomic E-state index is 6.09. The Bertz CT molecular complexity index is 656. The molecule has 2 atom stereocenters. The smallest absolute Gasteiger partial charge is 0.163 e. The number of hydrogen-bond donors (Lipinski definition) is 0. The van der Waals surface area contributed by atoms with Crippen molar-refractivity contribution in [3.8, 4) is 11.5 Å². The van der Waals surface area contributed by atoms with Gasteiger partial charge in [0, 0.05) is 18.7 Å². The molecule has 1 aliphatic heterocycles. The highest BCUT2D eigenvalue weighted by Crippen LogP contribution is 2.37. The van der Waals surface area contributed by atoms with E-state index in [1.807, 2.05) is 12.1 Å². The molecule has 1 fully saturated rings. The predicted octanol–water partition coefficient (Wildman–Crippen LogP) is 3.14. The first-order valence-electron chi connectivity index (χ1n) is 7.00. The molecule has 2 aromatic rings. The lowest BCUT2D eigenvalue weighted by Crippen LogP contribution is -2.18. The number of methoxy groups -OCH3 is 2. The van der Waals surface area contributed by atoms with Crippen molar-refractivity contribution in [2.45, 2.75) is 31.4 Å². The molecule has 0 aliphatic carbocycles. The first-order valence-corrected chi connectivity index (χ1v) is 7.53. The average molecular weight is 311 g/mol. The molecular formula is C15H19ClN2O3. The molecule has 0 spiro atoms. The van der Waals surface area contributed by atoms with Gasteiger partial charge in [0.25, 0.3) is 0 Å². The zero-order valence-electron chi connectivity index (χ0n) is 12.4. The molecule has 0 N–H and O–H groups in total. The van der Waals surface area contributed by atoms with Crippen molar-refractivity contribution in [2.75, 3.05) is 20.8 Å². The van der Waals surface area contributed by atoms with E-state index in [2.05, 4.69) is 16.5 Å². The normalized spacial score (nSPS) is 21.9. The van der Waals surface area contributed by atoms with Gasteiger partial charge in [-0.3, -0.25) is 0 Å². The Hall–Kier alpha value is -1.46. The fourth-order valence-corrected chi connectivity index (χ4v) is 3.18. The summed E-state index contributed by atoms with van der Waals surface area (Å²) in [6.07, 6.45) is 1.11. The van der Waals surface area contributed by atoms with E-state index in [0.717, 1.165) is 29.9 Å². The molecule has 1 aromatic heterocycles. The highest BCUT2D eigenvalue weighted by Gasteiger charge is 2.29. The Morgan fingerprint density at radius 2 is 2.05 bits per heavy atom. The van der Waals surface area contributed by atoms with Gasteiger partial charge in [0.2, 0.25) is 0 Å². The van der Waals surface area contributed by atoms with Gasteiger partial charge in [-0.2, -0.15) is 0 Å². The minimum Gasteiger partial charge on any atom is -0.493 e. The molecule has 1 aromatic carbocycles. The van der Waals surface area contributed by atoms with Crippen LogP contribution >= 0.6 is 11.6 Å². The van der Waals surface area contributed by atoms with Crippen LogP contribution in [0.2, 0.25) is 0 Å². The number of alkyl halides is 1. The topological polar surface area (TPSA) is 45.5 Å². The van der Waals surface area contributed by atoms with Crippen molar-refractivity contribution in [3.05, 3.63) is 18.0 Å². The van der Waals surface area contributed by atoms with Gasteiger partial charge in [0.1, 0.15) is 5.82 Å². The van der Waals surface area contributed by atoms with Gasteiger partial charge in [-0.15, -0.1) is 11.6 Å². The number of hydrogen-bond acceptors (Lipinski definition) is 4. The quantitative estimate of drug-likeness (QED) is 0.814. The number of benzene rings is 1. The molecule has 0 radical (unpaired) electrons. The van der Waals surface area contributed by atoms with E-state index >= 15 is 0 Å². The van der Waals surface area contributed by atoms with Gasteiger partial charge in [-0.1, -0.05) is 0 Å². The largest absolute Gasteiger partial charge is 0.493 e. The van der Waals surface area contributed by atoms with E-state index in [0.29, 0.717) is 17.4 Å². The fourth-order valence-electron chi connectivity index (χ4n) is 3.00. The number of imidazole rings is 1. The molecule has 0 saturated carbocycles. The van der Waals surface area contributed by atoms with Crippen LogP contribution in [-0.4, -0.2) is 36.5 Å². The number of nitrogens with zero attached hydrogens (tertiary/aromatic N) is 2. The first-order chi connectivity index (χ1) is 10.2. The van der Waals surface area contributed by atoms with Crippen molar-refractivity contribution in [1.82, 2.24) is 9.55 Å². The van der Waals surface area contributed by atoms with Crippen LogP contribution in [0.4, 0.5) is 0 Å². The van der Waals surface area contributed by atoms with E-state index in [1.54, 1.807) is 14.2 Å². The Kier molecular flexibility index (Phi) is 3.95. The zero-order valence-corrected chi connectivity index (χ0v) is 13.2.